The summed E-state index contributed by atoms with van der Waals surface area (Å²) in [7, 11) is 0. The van der Waals surface area contributed by atoms with Gasteiger partial charge in [0.1, 0.15) is 0 Å². The number of Topliss-reactive ketones (excluding diaryl/α,β-unsaturated/α-hetero) is 1. The van der Waals surface area contributed by atoms with Gasteiger partial charge < -0.3 is 4.74 Å². The Hall–Kier alpha value is -1.29. The number of thioether (sulfide) groups is 1. The van der Waals surface area contributed by atoms with Gasteiger partial charge in [0, 0.05) is 10.5 Å². The summed E-state index contributed by atoms with van der Waals surface area (Å²) in [6, 6.07) is 5.54. The molecule has 0 fully saturated rings. The van der Waals surface area contributed by atoms with Crippen LogP contribution < -0.4 is 0 Å². The molecule has 0 N–H and O–H groups in total. The first-order valence-electron chi connectivity index (χ1n) is 5.70. The van der Waals surface area contributed by atoms with Crippen molar-refractivity contribution in [3.8, 4) is 0 Å². The molecule has 1 aromatic carbocycles. The molecule has 0 saturated heterocycles. The zero-order valence-corrected chi connectivity index (χ0v) is 10.5. The molecule has 1 heterocycles. The monoisotopic (exact) mass is 250 g/mol. The Labute approximate surface area is 105 Å². The summed E-state index contributed by atoms with van der Waals surface area (Å²) in [6.07, 6.45) is 1.91. The number of benzene rings is 1. The minimum atomic E-state index is -0.753. The highest BCUT2D eigenvalue weighted by Crippen LogP contribution is 2.32. The molecular weight excluding hydrogens is 236 g/mol. The number of hydrogen-bond acceptors (Lipinski definition) is 4. The van der Waals surface area contributed by atoms with Crippen molar-refractivity contribution in [3.05, 3.63) is 29.3 Å². The Morgan fingerprint density at radius 3 is 3.00 bits per heavy atom. The van der Waals surface area contributed by atoms with Crippen LogP contribution in [0.4, 0.5) is 0 Å². The molecule has 3 nitrogen and oxygen atoms in total. The van der Waals surface area contributed by atoms with E-state index in [-0.39, 0.29) is 6.61 Å². The van der Waals surface area contributed by atoms with E-state index in [1.54, 1.807) is 24.8 Å². The molecular formula is C13H14O3S. The number of fused-ring (bicyclic) bond motifs is 1. The van der Waals surface area contributed by atoms with Crippen LogP contribution in [0.1, 0.15) is 29.3 Å². The standard InChI is InChI=1S/C13H14O3S/c1-2-16-13(15)12(14)10-5-3-7-11-9(10)6-4-8-17-11/h3,5,7H,2,4,6,8H2,1H3. The van der Waals surface area contributed by atoms with Gasteiger partial charge in [-0.15, -0.1) is 11.8 Å². The second-order valence-electron chi connectivity index (χ2n) is 3.78. The number of rotatable bonds is 3. The van der Waals surface area contributed by atoms with E-state index in [0.29, 0.717) is 5.56 Å². The minimum absolute atomic E-state index is 0.231. The molecule has 4 heteroatoms. The number of ether oxygens (including phenoxy) is 1. The van der Waals surface area contributed by atoms with Gasteiger partial charge in [0.15, 0.2) is 0 Å². The molecule has 1 aliphatic rings. The molecule has 1 aromatic rings. The maximum atomic E-state index is 11.9. The lowest BCUT2D eigenvalue weighted by Crippen LogP contribution is -2.20. The Morgan fingerprint density at radius 2 is 2.24 bits per heavy atom. The van der Waals surface area contributed by atoms with Crippen molar-refractivity contribution in [1.29, 1.82) is 0 Å². The lowest BCUT2D eigenvalue weighted by atomic mass is 9.99. The molecule has 90 valence electrons. The third kappa shape index (κ3) is 2.52. The molecule has 0 saturated carbocycles. The fourth-order valence-electron chi connectivity index (χ4n) is 1.91. The maximum absolute atomic E-state index is 11.9. The van der Waals surface area contributed by atoms with Crippen LogP contribution in [0.2, 0.25) is 0 Å². The van der Waals surface area contributed by atoms with Gasteiger partial charge in [-0.25, -0.2) is 4.79 Å². The normalized spacial score (nSPS) is 13.9. The van der Waals surface area contributed by atoms with Gasteiger partial charge in [-0.05, 0) is 37.1 Å². The summed E-state index contributed by atoms with van der Waals surface area (Å²) < 4.78 is 4.75. The number of carbonyl (C=O) groups is 2. The van der Waals surface area contributed by atoms with Crippen molar-refractivity contribution >= 4 is 23.5 Å². The third-order valence-electron chi connectivity index (χ3n) is 2.67. The average Bonchev–Trinajstić information content (AvgIpc) is 2.37. The highest BCUT2D eigenvalue weighted by atomic mass is 32.2. The Bertz CT molecular complexity index is 454. The van der Waals surface area contributed by atoms with Crippen LogP contribution >= 0.6 is 11.8 Å². The largest absolute Gasteiger partial charge is 0.460 e. The molecule has 2 rings (SSSR count). The molecule has 17 heavy (non-hydrogen) atoms. The summed E-state index contributed by atoms with van der Waals surface area (Å²) in [4.78, 5) is 24.5. The average molecular weight is 250 g/mol. The van der Waals surface area contributed by atoms with E-state index >= 15 is 0 Å². The zero-order chi connectivity index (χ0) is 12.3. The molecule has 0 atom stereocenters. The highest BCUT2D eigenvalue weighted by molar-refractivity contribution is 7.99. The smallest absolute Gasteiger partial charge is 0.379 e. The molecule has 0 amide bonds. The SMILES string of the molecule is CCOC(=O)C(=O)c1cccc2c1CCCS2. The fourth-order valence-corrected chi connectivity index (χ4v) is 2.98. The van der Waals surface area contributed by atoms with Crippen molar-refractivity contribution in [2.75, 3.05) is 12.4 Å². The second kappa shape index (κ2) is 5.36. The lowest BCUT2D eigenvalue weighted by Gasteiger charge is -2.17. The van der Waals surface area contributed by atoms with Crippen molar-refractivity contribution in [2.24, 2.45) is 0 Å². The zero-order valence-electron chi connectivity index (χ0n) is 9.69. The van der Waals surface area contributed by atoms with Crippen LogP contribution in [0.5, 0.6) is 0 Å². The van der Waals surface area contributed by atoms with E-state index in [2.05, 4.69) is 0 Å². The van der Waals surface area contributed by atoms with Crippen LogP contribution in [0.15, 0.2) is 23.1 Å². The van der Waals surface area contributed by atoms with Crippen molar-refractivity contribution in [1.82, 2.24) is 0 Å². The number of hydrogen-bond donors (Lipinski definition) is 0. The van der Waals surface area contributed by atoms with Gasteiger partial charge >= 0.3 is 5.97 Å². The summed E-state index contributed by atoms with van der Waals surface area (Å²) >= 11 is 1.74. The van der Waals surface area contributed by atoms with Crippen LogP contribution in [-0.2, 0) is 16.0 Å². The van der Waals surface area contributed by atoms with E-state index in [1.165, 1.54) is 0 Å². The van der Waals surface area contributed by atoms with E-state index in [1.807, 2.05) is 12.1 Å². The van der Waals surface area contributed by atoms with Crippen molar-refractivity contribution < 1.29 is 14.3 Å². The summed E-state index contributed by atoms with van der Waals surface area (Å²) in [5.74, 6) is -0.202. The van der Waals surface area contributed by atoms with E-state index in [9.17, 15) is 9.59 Å². The first-order chi connectivity index (χ1) is 8.24. The van der Waals surface area contributed by atoms with Crippen LogP contribution in [0, 0.1) is 0 Å². The third-order valence-corrected chi connectivity index (χ3v) is 3.85. The fraction of sp³-hybridized carbons (Fsp3) is 0.385. The Kier molecular flexibility index (Phi) is 3.84. The van der Waals surface area contributed by atoms with Crippen molar-refractivity contribution in [2.45, 2.75) is 24.7 Å². The molecule has 1 aliphatic heterocycles. The maximum Gasteiger partial charge on any atom is 0.379 e. The predicted molar refractivity (Wildman–Crippen MR) is 66.5 cm³/mol. The number of ketones is 1. The highest BCUT2D eigenvalue weighted by Gasteiger charge is 2.23. The molecule has 0 aliphatic carbocycles. The van der Waals surface area contributed by atoms with Gasteiger partial charge in [-0.3, -0.25) is 4.79 Å². The Balaban J connectivity index is 2.32. The van der Waals surface area contributed by atoms with Gasteiger partial charge in [0.25, 0.3) is 5.78 Å². The van der Waals surface area contributed by atoms with Crippen LogP contribution in [0.25, 0.3) is 0 Å². The molecule has 0 aromatic heterocycles. The van der Waals surface area contributed by atoms with Crippen molar-refractivity contribution in [3.63, 3.8) is 0 Å². The summed E-state index contributed by atoms with van der Waals surface area (Å²) in [5.41, 5.74) is 1.51. The van der Waals surface area contributed by atoms with Gasteiger partial charge in [0.2, 0.25) is 0 Å². The van der Waals surface area contributed by atoms with E-state index in [0.717, 1.165) is 29.1 Å². The van der Waals surface area contributed by atoms with Gasteiger partial charge in [-0.1, -0.05) is 12.1 Å². The summed E-state index contributed by atoms with van der Waals surface area (Å²) in [5, 5.41) is 0. The quantitative estimate of drug-likeness (QED) is 0.469. The number of carbonyl (C=O) groups excluding carboxylic acids is 2. The topological polar surface area (TPSA) is 43.4 Å². The predicted octanol–water partition coefficient (Wildman–Crippen LogP) is 2.47. The molecule has 0 radical (unpaired) electrons. The van der Waals surface area contributed by atoms with E-state index in [4.69, 9.17) is 4.74 Å². The molecule has 0 spiro atoms. The first kappa shape index (κ1) is 12.2. The number of esters is 1. The van der Waals surface area contributed by atoms with Crippen LogP contribution in [-0.4, -0.2) is 24.1 Å². The van der Waals surface area contributed by atoms with E-state index < -0.39 is 11.8 Å². The second-order valence-corrected chi connectivity index (χ2v) is 4.92. The minimum Gasteiger partial charge on any atom is -0.460 e. The molecule has 0 unspecified atom stereocenters. The van der Waals surface area contributed by atoms with Crippen LogP contribution in [0.3, 0.4) is 0 Å². The lowest BCUT2D eigenvalue weighted by molar-refractivity contribution is -0.137. The van der Waals surface area contributed by atoms with Gasteiger partial charge in [0.05, 0.1) is 6.61 Å². The summed E-state index contributed by atoms with van der Waals surface area (Å²) in [6.45, 7) is 1.93. The first-order valence-corrected chi connectivity index (χ1v) is 6.68. The molecule has 0 bridgehead atoms. The van der Waals surface area contributed by atoms with Gasteiger partial charge in [-0.2, -0.15) is 0 Å². The Morgan fingerprint density at radius 1 is 1.41 bits per heavy atom.